The monoisotopic (exact) mass is 289 g/mol. The van der Waals surface area contributed by atoms with Gasteiger partial charge >= 0.3 is 5.97 Å². The quantitative estimate of drug-likeness (QED) is 0.909. The Morgan fingerprint density at radius 3 is 2.29 bits per heavy atom. The first kappa shape index (κ1) is 15.0. The van der Waals surface area contributed by atoms with E-state index in [0.717, 1.165) is 0 Å². The molecule has 1 unspecified atom stereocenters. The van der Waals surface area contributed by atoms with Gasteiger partial charge in [0.05, 0.1) is 0 Å². The van der Waals surface area contributed by atoms with Gasteiger partial charge in [0.15, 0.2) is 0 Å². The van der Waals surface area contributed by atoms with Gasteiger partial charge < -0.3 is 10.4 Å². The third-order valence-corrected chi connectivity index (χ3v) is 3.33. The first-order chi connectivity index (χ1) is 9.91. The molecule has 0 saturated carbocycles. The van der Waals surface area contributed by atoms with Gasteiger partial charge in [-0.2, -0.15) is 0 Å². The summed E-state index contributed by atoms with van der Waals surface area (Å²) in [6, 6.07) is 8.20. The molecule has 110 valence electrons. The van der Waals surface area contributed by atoms with E-state index in [1.54, 1.807) is 38.1 Å². The van der Waals surface area contributed by atoms with Crippen LogP contribution in [0.1, 0.15) is 24.2 Å². The van der Waals surface area contributed by atoms with Crippen LogP contribution in [0.25, 0.3) is 10.8 Å². The van der Waals surface area contributed by atoms with E-state index in [2.05, 4.69) is 5.32 Å². The lowest BCUT2D eigenvalue weighted by Gasteiger charge is -2.18. The molecule has 0 aromatic heterocycles. The highest BCUT2D eigenvalue weighted by Gasteiger charge is 2.24. The van der Waals surface area contributed by atoms with Crippen LogP contribution in [0.2, 0.25) is 0 Å². The molecule has 2 rings (SSSR count). The van der Waals surface area contributed by atoms with Crippen molar-refractivity contribution in [2.24, 2.45) is 5.92 Å². The van der Waals surface area contributed by atoms with Crippen LogP contribution in [0.4, 0.5) is 4.39 Å². The van der Waals surface area contributed by atoms with Crippen LogP contribution in [0.3, 0.4) is 0 Å². The van der Waals surface area contributed by atoms with Crippen molar-refractivity contribution in [2.45, 2.75) is 19.9 Å². The summed E-state index contributed by atoms with van der Waals surface area (Å²) >= 11 is 0. The van der Waals surface area contributed by atoms with Crippen LogP contribution in [0, 0.1) is 11.7 Å². The lowest BCUT2D eigenvalue weighted by atomic mass is 10.0. The van der Waals surface area contributed by atoms with Gasteiger partial charge in [-0.1, -0.05) is 38.1 Å². The Hall–Kier alpha value is -2.43. The van der Waals surface area contributed by atoms with Crippen LogP contribution >= 0.6 is 0 Å². The standard InChI is InChI=1S/C16H16FNO3/c1-9(2)14(16(20)21)18-15(19)12-7-8-13(17)11-6-4-3-5-10(11)12/h3-9,14H,1-2H3,(H,18,19)(H,20,21). The smallest absolute Gasteiger partial charge is 0.326 e. The van der Waals surface area contributed by atoms with Crippen LogP contribution < -0.4 is 5.32 Å². The Balaban J connectivity index is 2.40. The molecule has 2 aromatic rings. The first-order valence-corrected chi connectivity index (χ1v) is 6.62. The molecule has 21 heavy (non-hydrogen) atoms. The molecule has 0 heterocycles. The third-order valence-electron chi connectivity index (χ3n) is 3.33. The Kier molecular flexibility index (Phi) is 4.21. The maximum absolute atomic E-state index is 13.7. The highest BCUT2D eigenvalue weighted by Crippen LogP contribution is 2.22. The summed E-state index contributed by atoms with van der Waals surface area (Å²) in [5, 5.41) is 12.4. The molecule has 2 aromatic carbocycles. The summed E-state index contributed by atoms with van der Waals surface area (Å²) < 4.78 is 13.7. The van der Waals surface area contributed by atoms with Crippen LogP contribution in [-0.4, -0.2) is 23.0 Å². The van der Waals surface area contributed by atoms with E-state index in [4.69, 9.17) is 5.11 Å². The highest BCUT2D eigenvalue weighted by atomic mass is 19.1. The minimum Gasteiger partial charge on any atom is -0.480 e. The lowest BCUT2D eigenvalue weighted by molar-refractivity contribution is -0.140. The summed E-state index contributed by atoms with van der Waals surface area (Å²) in [5.41, 5.74) is 0.263. The number of carbonyl (C=O) groups excluding carboxylic acids is 1. The fourth-order valence-corrected chi connectivity index (χ4v) is 2.19. The van der Waals surface area contributed by atoms with E-state index in [1.807, 2.05) is 0 Å². The zero-order chi connectivity index (χ0) is 15.6. The summed E-state index contributed by atoms with van der Waals surface area (Å²) in [4.78, 5) is 23.4. The van der Waals surface area contributed by atoms with Crippen molar-refractivity contribution in [3.05, 3.63) is 47.8 Å². The zero-order valence-corrected chi connectivity index (χ0v) is 11.8. The molecule has 0 aliphatic heterocycles. The summed E-state index contributed by atoms with van der Waals surface area (Å²) in [6.45, 7) is 3.42. The van der Waals surface area contributed by atoms with Crippen molar-refractivity contribution < 1.29 is 19.1 Å². The molecule has 0 aliphatic carbocycles. The third kappa shape index (κ3) is 3.02. The van der Waals surface area contributed by atoms with E-state index in [-0.39, 0.29) is 11.5 Å². The minimum atomic E-state index is -1.09. The Morgan fingerprint density at radius 1 is 1.10 bits per heavy atom. The van der Waals surface area contributed by atoms with Crippen molar-refractivity contribution in [3.8, 4) is 0 Å². The Bertz CT molecular complexity index is 697. The number of hydrogen-bond acceptors (Lipinski definition) is 2. The Labute approximate surface area is 121 Å². The van der Waals surface area contributed by atoms with Gasteiger partial charge in [0.2, 0.25) is 0 Å². The van der Waals surface area contributed by atoms with Crippen LogP contribution in [-0.2, 0) is 4.79 Å². The maximum Gasteiger partial charge on any atom is 0.326 e. The normalized spacial score (nSPS) is 12.4. The predicted molar refractivity (Wildman–Crippen MR) is 77.6 cm³/mol. The van der Waals surface area contributed by atoms with Crippen molar-refractivity contribution in [1.82, 2.24) is 5.32 Å². The molecule has 1 atom stereocenters. The summed E-state index contributed by atoms with van der Waals surface area (Å²) in [5.74, 6) is -2.28. The van der Waals surface area contributed by atoms with E-state index in [0.29, 0.717) is 10.8 Å². The first-order valence-electron chi connectivity index (χ1n) is 6.62. The van der Waals surface area contributed by atoms with Crippen LogP contribution in [0.5, 0.6) is 0 Å². The number of hydrogen-bond donors (Lipinski definition) is 2. The average Bonchev–Trinajstić information content (AvgIpc) is 2.44. The molecule has 0 saturated heterocycles. The molecule has 2 N–H and O–H groups in total. The fourth-order valence-electron chi connectivity index (χ4n) is 2.19. The molecule has 5 heteroatoms. The number of aliphatic carboxylic acids is 1. The number of carboxylic acid groups (broad SMARTS) is 1. The molecule has 0 bridgehead atoms. The molecule has 1 amide bonds. The number of amides is 1. The second-order valence-corrected chi connectivity index (χ2v) is 5.17. The average molecular weight is 289 g/mol. The number of rotatable bonds is 4. The van der Waals surface area contributed by atoms with E-state index in [1.165, 1.54) is 12.1 Å². The SMILES string of the molecule is CC(C)C(NC(=O)c1ccc(F)c2ccccc12)C(=O)O. The molecule has 0 aliphatic rings. The lowest BCUT2D eigenvalue weighted by Crippen LogP contribution is -2.44. The second-order valence-electron chi connectivity index (χ2n) is 5.17. The van der Waals surface area contributed by atoms with Gasteiger partial charge in [-0.3, -0.25) is 4.79 Å². The minimum absolute atomic E-state index is 0.252. The van der Waals surface area contributed by atoms with Crippen molar-refractivity contribution in [2.75, 3.05) is 0 Å². The number of nitrogens with one attached hydrogen (secondary N) is 1. The maximum atomic E-state index is 13.7. The van der Waals surface area contributed by atoms with Crippen molar-refractivity contribution in [1.29, 1.82) is 0 Å². The molecule has 0 fully saturated rings. The fraction of sp³-hybridized carbons (Fsp3) is 0.250. The van der Waals surface area contributed by atoms with E-state index in [9.17, 15) is 14.0 Å². The topological polar surface area (TPSA) is 66.4 Å². The highest BCUT2D eigenvalue weighted by molar-refractivity contribution is 6.08. The van der Waals surface area contributed by atoms with Gasteiger partial charge in [-0.15, -0.1) is 0 Å². The number of fused-ring (bicyclic) bond motifs is 1. The number of benzene rings is 2. The number of carbonyl (C=O) groups is 2. The van der Waals surface area contributed by atoms with Crippen molar-refractivity contribution in [3.63, 3.8) is 0 Å². The molecule has 0 spiro atoms. The number of carboxylic acids is 1. The van der Waals surface area contributed by atoms with Crippen LogP contribution in [0.15, 0.2) is 36.4 Å². The predicted octanol–water partition coefficient (Wildman–Crippen LogP) is 2.82. The van der Waals surface area contributed by atoms with Crippen molar-refractivity contribution >= 4 is 22.6 Å². The van der Waals surface area contributed by atoms with Gasteiger partial charge in [0.1, 0.15) is 11.9 Å². The van der Waals surface area contributed by atoms with Gasteiger partial charge in [-0.25, -0.2) is 9.18 Å². The largest absolute Gasteiger partial charge is 0.480 e. The van der Waals surface area contributed by atoms with E-state index >= 15 is 0 Å². The van der Waals surface area contributed by atoms with Gasteiger partial charge in [-0.05, 0) is 23.4 Å². The summed E-state index contributed by atoms with van der Waals surface area (Å²) in [6.07, 6.45) is 0. The zero-order valence-electron chi connectivity index (χ0n) is 11.8. The number of halogens is 1. The second kappa shape index (κ2) is 5.91. The van der Waals surface area contributed by atoms with Gasteiger partial charge in [0.25, 0.3) is 5.91 Å². The molecular formula is C16H16FNO3. The molecular weight excluding hydrogens is 273 g/mol. The Morgan fingerprint density at radius 2 is 1.71 bits per heavy atom. The van der Waals surface area contributed by atoms with E-state index < -0.39 is 23.7 Å². The summed E-state index contributed by atoms with van der Waals surface area (Å²) in [7, 11) is 0. The molecule has 4 nitrogen and oxygen atoms in total. The molecule has 0 radical (unpaired) electrons. The van der Waals surface area contributed by atoms with Gasteiger partial charge in [0, 0.05) is 10.9 Å².